The maximum Gasteiger partial charge on any atom is 0.339 e. The summed E-state index contributed by atoms with van der Waals surface area (Å²) in [7, 11) is 0. The van der Waals surface area contributed by atoms with Crippen LogP contribution in [0, 0.1) is 0 Å². The molecule has 4 heteroatoms. The Morgan fingerprint density at radius 1 is 0.613 bits per heavy atom. The first-order chi connectivity index (χ1) is 15.0. The van der Waals surface area contributed by atoms with E-state index in [2.05, 4.69) is 36.4 Å². The van der Waals surface area contributed by atoms with Crippen molar-refractivity contribution < 1.29 is 20.1 Å². The van der Waals surface area contributed by atoms with E-state index in [0.717, 1.165) is 29.5 Å². The molecule has 0 aromatic heterocycles. The van der Waals surface area contributed by atoms with Crippen molar-refractivity contribution in [2.75, 3.05) is 0 Å². The summed E-state index contributed by atoms with van der Waals surface area (Å²) in [5, 5.41) is 31.5. The van der Waals surface area contributed by atoms with Gasteiger partial charge in [-0.05, 0) is 83.0 Å². The van der Waals surface area contributed by atoms with E-state index < -0.39 is 5.97 Å². The number of carboxylic acid groups (broad SMARTS) is 1. The summed E-state index contributed by atoms with van der Waals surface area (Å²) in [6, 6.07) is 25.1. The molecule has 0 aliphatic heterocycles. The number of hydrogen-bond acceptors (Lipinski definition) is 3. The molecular formula is C27H24O4. The minimum absolute atomic E-state index is 0.0999. The van der Waals surface area contributed by atoms with E-state index in [1.807, 2.05) is 12.1 Å². The highest BCUT2D eigenvalue weighted by atomic mass is 16.4. The quantitative estimate of drug-likeness (QED) is 0.373. The van der Waals surface area contributed by atoms with E-state index in [9.17, 15) is 15.0 Å². The SMILES string of the molecule is O=C(O)c1ccc(CCc2cc(O)cc(CCc3ccc4ccccc4c3)c2)cc1O. The number of aromatic carboxylic acids is 1. The van der Waals surface area contributed by atoms with Crippen molar-refractivity contribution in [3.8, 4) is 11.5 Å². The molecule has 0 bridgehead atoms. The van der Waals surface area contributed by atoms with Gasteiger partial charge in [-0.25, -0.2) is 4.79 Å². The van der Waals surface area contributed by atoms with Gasteiger partial charge in [-0.15, -0.1) is 0 Å². The topological polar surface area (TPSA) is 77.8 Å². The molecule has 0 aliphatic rings. The zero-order valence-electron chi connectivity index (χ0n) is 17.1. The van der Waals surface area contributed by atoms with Gasteiger partial charge in [0.1, 0.15) is 17.1 Å². The average Bonchev–Trinajstić information content (AvgIpc) is 2.75. The molecule has 0 saturated heterocycles. The van der Waals surface area contributed by atoms with Gasteiger partial charge in [-0.1, -0.05) is 54.6 Å². The lowest BCUT2D eigenvalue weighted by molar-refractivity contribution is 0.0693. The van der Waals surface area contributed by atoms with Crippen molar-refractivity contribution in [2.45, 2.75) is 25.7 Å². The first-order valence-corrected chi connectivity index (χ1v) is 10.3. The van der Waals surface area contributed by atoms with Crippen LogP contribution < -0.4 is 0 Å². The largest absolute Gasteiger partial charge is 0.508 e. The summed E-state index contributed by atoms with van der Waals surface area (Å²) in [5.74, 6) is -1.12. The van der Waals surface area contributed by atoms with Crippen LogP contribution in [0.2, 0.25) is 0 Å². The fourth-order valence-corrected chi connectivity index (χ4v) is 3.92. The summed E-state index contributed by atoms with van der Waals surface area (Å²) in [6.07, 6.45) is 3.04. The van der Waals surface area contributed by atoms with Crippen molar-refractivity contribution in [3.05, 3.63) is 107 Å². The normalized spacial score (nSPS) is 11.0. The summed E-state index contributed by atoms with van der Waals surface area (Å²) < 4.78 is 0. The van der Waals surface area contributed by atoms with Gasteiger partial charge >= 0.3 is 5.97 Å². The van der Waals surface area contributed by atoms with Gasteiger partial charge in [0.15, 0.2) is 0 Å². The lowest BCUT2D eigenvalue weighted by Crippen LogP contribution is -1.99. The number of hydrogen-bond donors (Lipinski definition) is 3. The number of aryl methyl sites for hydroxylation is 4. The smallest absolute Gasteiger partial charge is 0.339 e. The van der Waals surface area contributed by atoms with Crippen LogP contribution in [0.1, 0.15) is 32.6 Å². The summed E-state index contributed by atoms with van der Waals surface area (Å²) in [4.78, 5) is 11.0. The van der Waals surface area contributed by atoms with Crippen LogP contribution in [0.4, 0.5) is 0 Å². The van der Waals surface area contributed by atoms with Crippen LogP contribution in [-0.4, -0.2) is 21.3 Å². The highest BCUT2D eigenvalue weighted by Crippen LogP contribution is 2.23. The molecule has 0 atom stereocenters. The van der Waals surface area contributed by atoms with Gasteiger partial charge in [-0.2, -0.15) is 0 Å². The predicted molar refractivity (Wildman–Crippen MR) is 122 cm³/mol. The lowest BCUT2D eigenvalue weighted by Gasteiger charge is -2.09. The molecule has 0 saturated carbocycles. The number of carboxylic acids is 1. The first-order valence-electron chi connectivity index (χ1n) is 10.3. The second-order valence-electron chi connectivity index (χ2n) is 7.85. The Kier molecular flexibility index (Phi) is 5.89. The van der Waals surface area contributed by atoms with E-state index in [4.69, 9.17) is 5.11 Å². The van der Waals surface area contributed by atoms with E-state index in [0.29, 0.717) is 12.8 Å². The molecule has 0 heterocycles. The van der Waals surface area contributed by atoms with Gasteiger partial charge in [-0.3, -0.25) is 0 Å². The Labute approximate surface area is 181 Å². The Balaban J connectivity index is 1.43. The van der Waals surface area contributed by atoms with Crippen molar-refractivity contribution in [3.63, 3.8) is 0 Å². The number of phenols is 2. The van der Waals surface area contributed by atoms with Gasteiger partial charge in [0.25, 0.3) is 0 Å². The maximum atomic E-state index is 11.0. The minimum Gasteiger partial charge on any atom is -0.508 e. The zero-order valence-corrected chi connectivity index (χ0v) is 17.1. The molecule has 0 spiro atoms. The molecule has 4 aromatic rings. The van der Waals surface area contributed by atoms with E-state index in [-0.39, 0.29) is 17.1 Å². The molecule has 4 aromatic carbocycles. The van der Waals surface area contributed by atoms with Crippen LogP contribution in [0.15, 0.2) is 78.9 Å². The number of rotatable bonds is 7. The monoisotopic (exact) mass is 412 g/mol. The van der Waals surface area contributed by atoms with Gasteiger partial charge in [0, 0.05) is 0 Å². The summed E-state index contributed by atoms with van der Waals surface area (Å²) in [6.45, 7) is 0. The second-order valence-corrected chi connectivity index (χ2v) is 7.85. The van der Waals surface area contributed by atoms with Crippen LogP contribution in [0.3, 0.4) is 0 Å². The first kappa shape index (κ1) is 20.5. The molecule has 3 N–H and O–H groups in total. The molecule has 156 valence electrons. The number of phenolic OH excluding ortho intramolecular Hbond substituents is 1. The summed E-state index contributed by atoms with van der Waals surface area (Å²) in [5.41, 5.74) is 4.10. The predicted octanol–water partition coefficient (Wildman–Crippen LogP) is 5.52. The third kappa shape index (κ3) is 5.04. The fraction of sp³-hybridized carbons (Fsp3) is 0.148. The molecule has 0 aliphatic carbocycles. The van der Waals surface area contributed by atoms with Gasteiger partial charge in [0.05, 0.1) is 0 Å². The Morgan fingerprint density at radius 2 is 1.19 bits per heavy atom. The number of carbonyl (C=O) groups is 1. The summed E-state index contributed by atoms with van der Waals surface area (Å²) >= 11 is 0. The van der Waals surface area contributed by atoms with Crippen LogP contribution in [0.5, 0.6) is 11.5 Å². The van der Waals surface area contributed by atoms with Crippen molar-refractivity contribution in [1.82, 2.24) is 0 Å². The third-order valence-corrected chi connectivity index (χ3v) is 5.55. The third-order valence-electron chi connectivity index (χ3n) is 5.55. The Hall–Kier alpha value is -3.79. The van der Waals surface area contributed by atoms with E-state index >= 15 is 0 Å². The molecule has 0 radical (unpaired) electrons. The molecule has 0 fully saturated rings. The van der Waals surface area contributed by atoms with E-state index in [1.54, 1.807) is 18.2 Å². The molecule has 0 unspecified atom stereocenters. The van der Waals surface area contributed by atoms with Crippen LogP contribution in [-0.2, 0) is 25.7 Å². The lowest BCUT2D eigenvalue weighted by atomic mass is 9.97. The standard InChI is InChI=1S/C27H24O4/c28-24-15-20(7-5-18-9-11-22-3-1-2-4-23(22)14-18)13-21(16-24)8-6-19-10-12-25(27(30)31)26(29)17-19/h1-4,9-17,28-29H,5-8H2,(H,30,31). The minimum atomic E-state index is -1.15. The van der Waals surface area contributed by atoms with Crippen molar-refractivity contribution >= 4 is 16.7 Å². The highest BCUT2D eigenvalue weighted by Gasteiger charge is 2.10. The van der Waals surface area contributed by atoms with Gasteiger partial charge < -0.3 is 15.3 Å². The second kappa shape index (κ2) is 8.92. The zero-order chi connectivity index (χ0) is 21.8. The number of benzene rings is 4. The molecule has 4 rings (SSSR count). The Morgan fingerprint density at radius 3 is 1.84 bits per heavy atom. The molecular weight excluding hydrogens is 388 g/mol. The van der Waals surface area contributed by atoms with Crippen molar-refractivity contribution in [2.24, 2.45) is 0 Å². The number of fused-ring (bicyclic) bond motifs is 1. The van der Waals surface area contributed by atoms with E-state index in [1.165, 1.54) is 28.5 Å². The fourth-order valence-electron chi connectivity index (χ4n) is 3.92. The Bertz CT molecular complexity index is 1240. The van der Waals surface area contributed by atoms with Crippen molar-refractivity contribution in [1.29, 1.82) is 0 Å². The highest BCUT2D eigenvalue weighted by molar-refractivity contribution is 5.90. The number of aromatic hydroxyl groups is 2. The molecule has 0 amide bonds. The maximum absolute atomic E-state index is 11.0. The van der Waals surface area contributed by atoms with Crippen LogP contribution in [0.25, 0.3) is 10.8 Å². The average molecular weight is 412 g/mol. The molecule has 31 heavy (non-hydrogen) atoms. The molecule has 4 nitrogen and oxygen atoms in total. The van der Waals surface area contributed by atoms with Crippen LogP contribution >= 0.6 is 0 Å². The van der Waals surface area contributed by atoms with Gasteiger partial charge in [0.2, 0.25) is 0 Å².